The summed E-state index contributed by atoms with van der Waals surface area (Å²) in [5, 5.41) is 2.29. The summed E-state index contributed by atoms with van der Waals surface area (Å²) in [6.45, 7) is 10.1. The quantitative estimate of drug-likeness (QED) is 0.127. The number of nitrogens with zero attached hydrogens (tertiary/aromatic N) is 2. The molecule has 1 aromatic heterocycles. The van der Waals surface area contributed by atoms with Gasteiger partial charge in [-0.15, -0.1) is 6.58 Å². The molecule has 0 N–H and O–H groups in total. The van der Waals surface area contributed by atoms with Gasteiger partial charge in [0.15, 0.2) is 16.3 Å². The van der Waals surface area contributed by atoms with E-state index in [0.29, 0.717) is 45.1 Å². The molecule has 0 saturated carbocycles. The molecule has 7 nitrogen and oxygen atoms in total. The number of methoxy groups -OCH3 is 1. The number of esters is 1. The van der Waals surface area contributed by atoms with Crippen molar-refractivity contribution in [3.8, 4) is 11.5 Å². The van der Waals surface area contributed by atoms with E-state index in [-0.39, 0.29) is 12.2 Å². The van der Waals surface area contributed by atoms with E-state index in [9.17, 15) is 9.59 Å². The smallest absolute Gasteiger partial charge is 0.338 e. The molecule has 6 rings (SSSR count). The molecule has 0 radical (unpaired) electrons. The summed E-state index contributed by atoms with van der Waals surface area (Å²) in [4.78, 5) is 32.5. The van der Waals surface area contributed by atoms with E-state index in [0.717, 1.165) is 38.6 Å². The van der Waals surface area contributed by atoms with Gasteiger partial charge in [-0.2, -0.15) is 0 Å². The highest BCUT2D eigenvalue weighted by Crippen LogP contribution is 2.35. The lowest BCUT2D eigenvalue weighted by Gasteiger charge is -2.24. The first-order chi connectivity index (χ1) is 22.8. The molecule has 1 atom stereocenters. The molecule has 1 aliphatic rings. The maximum Gasteiger partial charge on any atom is 0.338 e. The van der Waals surface area contributed by atoms with Gasteiger partial charge in [-0.05, 0) is 72.9 Å². The molecule has 4 aromatic carbocycles. The van der Waals surface area contributed by atoms with Crippen molar-refractivity contribution in [2.45, 2.75) is 39.8 Å². The summed E-state index contributed by atoms with van der Waals surface area (Å²) in [5.41, 5.74) is 5.26. The molecule has 238 valence electrons. The first-order valence-corrected chi connectivity index (χ1v) is 16.3. The molecule has 1 aliphatic heterocycles. The number of rotatable bonds is 10. The van der Waals surface area contributed by atoms with Gasteiger partial charge in [-0.3, -0.25) is 9.36 Å². The molecular formula is C39H36N2O5S. The summed E-state index contributed by atoms with van der Waals surface area (Å²) < 4.78 is 19.7. The number of ether oxygens (including phenoxy) is 3. The predicted molar refractivity (Wildman–Crippen MR) is 187 cm³/mol. The second-order valence-corrected chi connectivity index (χ2v) is 12.4. The van der Waals surface area contributed by atoms with Crippen molar-refractivity contribution in [1.29, 1.82) is 0 Å². The molecule has 0 bridgehead atoms. The minimum absolute atomic E-state index is 0.219. The lowest BCUT2D eigenvalue weighted by molar-refractivity contribution is -0.139. The number of aromatic nitrogens is 1. The van der Waals surface area contributed by atoms with Crippen LogP contribution >= 0.6 is 11.3 Å². The SMILES string of the molecule is C=CCc1cc(/C=c2/sc3n(c2=O)[C@H](c2ccc(C)cc2)C(C(=O)OCC)=C(C)N=3)cc(OC)c1OCc1cccc2ccccc12. The Kier molecular flexibility index (Phi) is 9.22. The van der Waals surface area contributed by atoms with Crippen LogP contribution in [0.25, 0.3) is 16.8 Å². The molecule has 5 aromatic rings. The van der Waals surface area contributed by atoms with E-state index in [4.69, 9.17) is 19.2 Å². The number of thiazole rings is 1. The van der Waals surface area contributed by atoms with Crippen molar-refractivity contribution in [3.63, 3.8) is 0 Å². The first kappa shape index (κ1) is 31.8. The molecule has 2 heterocycles. The maximum atomic E-state index is 14.1. The molecule has 0 aliphatic carbocycles. The molecule has 8 heteroatoms. The highest BCUT2D eigenvalue weighted by Gasteiger charge is 2.33. The third kappa shape index (κ3) is 6.29. The Hall–Kier alpha value is -5.21. The molecule has 0 unspecified atom stereocenters. The summed E-state index contributed by atoms with van der Waals surface area (Å²) >= 11 is 1.28. The van der Waals surface area contributed by atoms with E-state index >= 15 is 0 Å². The number of carbonyl (C=O) groups is 1. The van der Waals surface area contributed by atoms with Gasteiger partial charge >= 0.3 is 5.97 Å². The van der Waals surface area contributed by atoms with E-state index in [1.54, 1.807) is 25.5 Å². The second-order valence-electron chi connectivity index (χ2n) is 11.3. The van der Waals surface area contributed by atoms with Crippen molar-refractivity contribution < 1.29 is 19.0 Å². The average Bonchev–Trinajstić information content (AvgIpc) is 3.37. The molecular weight excluding hydrogens is 609 g/mol. The highest BCUT2D eigenvalue weighted by molar-refractivity contribution is 7.07. The Bertz CT molecular complexity index is 2200. The molecule has 0 saturated heterocycles. The van der Waals surface area contributed by atoms with Crippen molar-refractivity contribution in [2.75, 3.05) is 13.7 Å². The molecule has 0 amide bonds. The van der Waals surface area contributed by atoms with Crippen LogP contribution in [0.1, 0.15) is 47.7 Å². The van der Waals surface area contributed by atoms with Gasteiger partial charge in [0.1, 0.15) is 6.61 Å². The number of carbonyl (C=O) groups excluding carboxylic acids is 1. The lowest BCUT2D eigenvalue weighted by Crippen LogP contribution is -2.39. The number of allylic oxidation sites excluding steroid dienone is 2. The maximum absolute atomic E-state index is 14.1. The number of hydrogen-bond donors (Lipinski definition) is 0. The van der Waals surface area contributed by atoms with Crippen LogP contribution in [0.2, 0.25) is 0 Å². The zero-order chi connectivity index (χ0) is 33.1. The normalized spacial score (nSPS) is 14.5. The van der Waals surface area contributed by atoms with E-state index in [1.165, 1.54) is 11.3 Å². The van der Waals surface area contributed by atoms with Gasteiger partial charge in [0.05, 0.1) is 35.6 Å². The average molecular weight is 645 g/mol. The summed E-state index contributed by atoms with van der Waals surface area (Å²) in [6.07, 6.45) is 4.20. The van der Waals surface area contributed by atoms with E-state index < -0.39 is 12.0 Å². The molecule has 0 spiro atoms. The van der Waals surface area contributed by atoms with Crippen LogP contribution in [0.3, 0.4) is 0 Å². The van der Waals surface area contributed by atoms with Gasteiger partial charge < -0.3 is 14.2 Å². The minimum atomic E-state index is -0.663. The van der Waals surface area contributed by atoms with Gasteiger partial charge in [-0.1, -0.05) is 89.7 Å². The van der Waals surface area contributed by atoms with Crippen LogP contribution in [0.15, 0.2) is 113 Å². The van der Waals surface area contributed by atoms with Gasteiger partial charge in [0, 0.05) is 5.56 Å². The Morgan fingerprint density at radius 2 is 1.79 bits per heavy atom. The Labute approximate surface area is 277 Å². The van der Waals surface area contributed by atoms with Crippen molar-refractivity contribution >= 4 is 34.2 Å². The molecule has 0 fully saturated rings. The summed E-state index contributed by atoms with van der Waals surface area (Å²) in [7, 11) is 1.61. The highest BCUT2D eigenvalue weighted by atomic mass is 32.1. The Morgan fingerprint density at radius 3 is 2.53 bits per heavy atom. The van der Waals surface area contributed by atoms with Crippen LogP contribution in [-0.4, -0.2) is 24.3 Å². The van der Waals surface area contributed by atoms with Crippen molar-refractivity contribution in [2.24, 2.45) is 4.99 Å². The number of fused-ring (bicyclic) bond motifs is 2. The summed E-state index contributed by atoms with van der Waals surface area (Å²) in [6, 6.07) is 25.4. The third-order valence-electron chi connectivity index (χ3n) is 8.20. The topological polar surface area (TPSA) is 79.1 Å². The Morgan fingerprint density at radius 1 is 1.02 bits per heavy atom. The van der Waals surface area contributed by atoms with Crippen molar-refractivity contribution in [1.82, 2.24) is 4.57 Å². The van der Waals surface area contributed by atoms with Gasteiger partial charge in [-0.25, -0.2) is 9.79 Å². The number of hydrogen-bond acceptors (Lipinski definition) is 7. The van der Waals surface area contributed by atoms with Crippen LogP contribution in [-0.2, 0) is 22.6 Å². The van der Waals surface area contributed by atoms with E-state index in [2.05, 4.69) is 30.8 Å². The van der Waals surface area contributed by atoms with Crippen molar-refractivity contribution in [3.05, 3.63) is 150 Å². The van der Waals surface area contributed by atoms with Crippen LogP contribution < -0.4 is 24.4 Å². The van der Waals surface area contributed by atoms with E-state index in [1.807, 2.05) is 73.7 Å². The third-order valence-corrected chi connectivity index (χ3v) is 9.18. The zero-order valence-electron chi connectivity index (χ0n) is 26.9. The predicted octanol–water partition coefficient (Wildman–Crippen LogP) is 6.58. The monoisotopic (exact) mass is 644 g/mol. The van der Waals surface area contributed by atoms with Crippen LogP contribution in [0, 0.1) is 6.92 Å². The van der Waals surface area contributed by atoms with Gasteiger partial charge in [0.2, 0.25) is 0 Å². The van der Waals surface area contributed by atoms with Gasteiger partial charge in [0.25, 0.3) is 5.56 Å². The molecule has 47 heavy (non-hydrogen) atoms. The largest absolute Gasteiger partial charge is 0.493 e. The number of aryl methyl sites for hydroxylation is 1. The standard InChI is InChI=1S/C39H36N2O5S/c1-6-11-29-20-26(21-32(44-5)36(29)46-23-30-14-10-13-27-12-8-9-15-31(27)30)22-33-37(42)41-35(28-18-16-24(3)17-19-28)34(38(43)45-7-2)25(4)40-39(41)47-33/h6,8-10,12-22,35H,1,7,11,23H2,2-5H3/b33-22+/t35-/m1/s1. The fourth-order valence-corrected chi connectivity index (χ4v) is 7.01. The Balaban J connectivity index is 1.43. The zero-order valence-corrected chi connectivity index (χ0v) is 27.7. The van der Waals surface area contributed by atoms with Crippen LogP contribution in [0.4, 0.5) is 0 Å². The lowest BCUT2D eigenvalue weighted by atomic mass is 9.95. The first-order valence-electron chi connectivity index (χ1n) is 15.5. The summed E-state index contributed by atoms with van der Waals surface area (Å²) in [5.74, 6) is 0.709. The number of benzene rings is 4. The second kappa shape index (κ2) is 13.6. The van der Waals surface area contributed by atoms with Crippen LogP contribution in [0.5, 0.6) is 11.5 Å². The fraction of sp³-hybridized carbons (Fsp3) is 0.205. The minimum Gasteiger partial charge on any atom is -0.493 e. The fourth-order valence-electron chi connectivity index (χ4n) is 5.96.